The van der Waals surface area contributed by atoms with Crippen molar-refractivity contribution in [3.63, 3.8) is 0 Å². The van der Waals surface area contributed by atoms with Gasteiger partial charge < -0.3 is 15.1 Å². The van der Waals surface area contributed by atoms with Gasteiger partial charge in [0.2, 0.25) is 5.91 Å². The summed E-state index contributed by atoms with van der Waals surface area (Å²) in [4.78, 5) is 37.7. The van der Waals surface area contributed by atoms with Gasteiger partial charge in [0.1, 0.15) is 5.56 Å². The molecule has 1 heterocycles. The largest absolute Gasteiger partial charge is 0.368 e. The second-order valence-electron chi connectivity index (χ2n) is 5.31. The fraction of sp³-hybridized carbons (Fsp3) is 0.467. The number of anilines is 1. The fourth-order valence-electron chi connectivity index (χ4n) is 2.60. The van der Waals surface area contributed by atoms with Crippen molar-refractivity contribution in [2.45, 2.75) is 13.8 Å². The normalized spacial score (nSPS) is 14.5. The van der Waals surface area contributed by atoms with Crippen LogP contribution >= 0.6 is 0 Å². The number of nitrogens with one attached hydrogen (secondary N) is 1. The first-order chi connectivity index (χ1) is 10.9. The van der Waals surface area contributed by atoms with Crippen LogP contribution in [0.4, 0.5) is 11.4 Å². The Kier molecular flexibility index (Phi) is 5.15. The second kappa shape index (κ2) is 7.08. The molecule has 0 bridgehead atoms. The maximum atomic E-state index is 12.1. The molecule has 1 N–H and O–H groups in total. The van der Waals surface area contributed by atoms with E-state index < -0.39 is 10.8 Å². The molecule has 1 aromatic rings. The molecule has 2 amide bonds. The number of carbonyl (C=O) groups excluding carboxylic acids is 2. The Morgan fingerprint density at radius 1 is 1.26 bits per heavy atom. The van der Waals surface area contributed by atoms with Gasteiger partial charge in [0.25, 0.3) is 11.6 Å². The van der Waals surface area contributed by atoms with Crippen LogP contribution in [0.1, 0.15) is 24.2 Å². The van der Waals surface area contributed by atoms with Crippen LogP contribution in [0, 0.1) is 10.1 Å². The Morgan fingerprint density at radius 3 is 2.43 bits per heavy atom. The molecule has 1 aliphatic heterocycles. The van der Waals surface area contributed by atoms with Gasteiger partial charge in [0, 0.05) is 51.4 Å². The van der Waals surface area contributed by atoms with Crippen LogP contribution in [0.25, 0.3) is 0 Å². The van der Waals surface area contributed by atoms with Crippen molar-refractivity contribution in [3.8, 4) is 0 Å². The van der Waals surface area contributed by atoms with Crippen LogP contribution in [0.15, 0.2) is 18.2 Å². The van der Waals surface area contributed by atoms with Gasteiger partial charge in [0.05, 0.1) is 4.92 Å². The van der Waals surface area contributed by atoms with Gasteiger partial charge in [-0.25, -0.2) is 0 Å². The van der Waals surface area contributed by atoms with Crippen molar-refractivity contribution >= 4 is 23.2 Å². The van der Waals surface area contributed by atoms with Crippen LogP contribution in [-0.2, 0) is 4.79 Å². The van der Waals surface area contributed by atoms with Crippen LogP contribution in [0.5, 0.6) is 0 Å². The number of piperazine rings is 1. The highest BCUT2D eigenvalue weighted by Gasteiger charge is 2.24. The SMILES string of the molecule is CCNC(=O)c1cc(N2CCN(C(C)=O)CC2)ccc1[N+](=O)[O-]. The highest BCUT2D eigenvalue weighted by molar-refractivity contribution is 5.99. The molecule has 1 aliphatic rings. The van der Waals surface area contributed by atoms with Crippen LogP contribution in [-0.4, -0.2) is 54.4 Å². The van der Waals surface area contributed by atoms with Gasteiger partial charge in [-0.3, -0.25) is 19.7 Å². The van der Waals surface area contributed by atoms with Crippen molar-refractivity contribution in [3.05, 3.63) is 33.9 Å². The predicted molar refractivity (Wildman–Crippen MR) is 85.6 cm³/mol. The molecule has 0 unspecified atom stereocenters. The van der Waals surface area contributed by atoms with Crippen LogP contribution in [0.3, 0.4) is 0 Å². The number of amides is 2. The third kappa shape index (κ3) is 3.77. The topological polar surface area (TPSA) is 95.8 Å². The second-order valence-corrected chi connectivity index (χ2v) is 5.31. The minimum Gasteiger partial charge on any atom is -0.368 e. The molecular weight excluding hydrogens is 300 g/mol. The summed E-state index contributed by atoms with van der Waals surface area (Å²) in [5, 5.41) is 13.7. The fourth-order valence-corrected chi connectivity index (χ4v) is 2.60. The molecule has 1 aromatic carbocycles. The van der Waals surface area contributed by atoms with E-state index in [0.29, 0.717) is 32.7 Å². The van der Waals surface area contributed by atoms with E-state index >= 15 is 0 Å². The lowest BCUT2D eigenvalue weighted by atomic mass is 10.1. The van der Waals surface area contributed by atoms with Crippen LogP contribution in [0.2, 0.25) is 0 Å². The summed E-state index contributed by atoms with van der Waals surface area (Å²) >= 11 is 0. The van der Waals surface area contributed by atoms with Gasteiger partial charge in [-0.1, -0.05) is 0 Å². The monoisotopic (exact) mass is 320 g/mol. The Morgan fingerprint density at radius 2 is 1.91 bits per heavy atom. The van der Waals surface area contributed by atoms with E-state index in [0.717, 1.165) is 5.69 Å². The lowest BCUT2D eigenvalue weighted by Crippen LogP contribution is -2.48. The van der Waals surface area contributed by atoms with Crippen molar-refractivity contribution in [1.29, 1.82) is 0 Å². The van der Waals surface area contributed by atoms with Gasteiger partial charge in [-0.2, -0.15) is 0 Å². The number of hydrogen-bond donors (Lipinski definition) is 1. The van der Waals surface area contributed by atoms with Gasteiger partial charge in [-0.15, -0.1) is 0 Å². The van der Waals surface area contributed by atoms with Crippen molar-refractivity contribution < 1.29 is 14.5 Å². The quantitative estimate of drug-likeness (QED) is 0.660. The molecule has 1 fully saturated rings. The highest BCUT2D eigenvalue weighted by Crippen LogP contribution is 2.26. The van der Waals surface area contributed by atoms with E-state index in [4.69, 9.17) is 0 Å². The third-order valence-electron chi connectivity index (χ3n) is 3.85. The van der Waals surface area contributed by atoms with E-state index in [-0.39, 0.29) is 17.2 Å². The van der Waals surface area contributed by atoms with E-state index in [1.165, 1.54) is 13.0 Å². The minimum absolute atomic E-state index is 0.0383. The average molecular weight is 320 g/mol. The lowest BCUT2D eigenvalue weighted by Gasteiger charge is -2.35. The number of benzene rings is 1. The van der Waals surface area contributed by atoms with Crippen LogP contribution < -0.4 is 10.2 Å². The minimum atomic E-state index is -0.554. The average Bonchev–Trinajstić information content (AvgIpc) is 2.54. The summed E-state index contributed by atoms with van der Waals surface area (Å²) < 4.78 is 0. The van der Waals surface area contributed by atoms with E-state index in [9.17, 15) is 19.7 Å². The van der Waals surface area contributed by atoms with E-state index in [1.54, 1.807) is 24.0 Å². The molecule has 8 nitrogen and oxygen atoms in total. The molecule has 23 heavy (non-hydrogen) atoms. The number of nitro groups is 1. The van der Waals surface area contributed by atoms with Crippen molar-refractivity contribution in [2.24, 2.45) is 0 Å². The molecule has 1 saturated heterocycles. The first-order valence-corrected chi connectivity index (χ1v) is 7.51. The summed E-state index contributed by atoms with van der Waals surface area (Å²) in [6.45, 7) is 6.16. The zero-order valence-corrected chi connectivity index (χ0v) is 13.2. The number of nitrogens with zero attached hydrogens (tertiary/aromatic N) is 3. The molecule has 124 valence electrons. The van der Waals surface area contributed by atoms with Gasteiger partial charge in [-0.05, 0) is 19.1 Å². The maximum absolute atomic E-state index is 12.1. The number of hydrogen-bond acceptors (Lipinski definition) is 5. The summed E-state index contributed by atoms with van der Waals surface area (Å²) in [5.41, 5.74) is 0.602. The predicted octanol–water partition coefficient (Wildman–Crippen LogP) is 1.01. The molecule has 0 aliphatic carbocycles. The maximum Gasteiger partial charge on any atom is 0.282 e. The molecule has 0 spiro atoms. The third-order valence-corrected chi connectivity index (χ3v) is 3.85. The van der Waals surface area contributed by atoms with Crippen molar-refractivity contribution in [2.75, 3.05) is 37.6 Å². The Hall–Kier alpha value is -2.64. The lowest BCUT2D eigenvalue weighted by molar-refractivity contribution is -0.385. The Bertz CT molecular complexity index is 624. The summed E-state index contributed by atoms with van der Waals surface area (Å²) in [7, 11) is 0. The molecule has 8 heteroatoms. The van der Waals surface area contributed by atoms with Gasteiger partial charge in [0.15, 0.2) is 0 Å². The smallest absolute Gasteiger partial charge is 0.282 e. The first-order valence-electron chi connectivity index (χ1n) is 7.51. The first kappa shape index (κ1) is 16.7. The number of rotatable bonds is 4. The summed E-state index contributed by atoms with van der Waals surface area (Å²) in [5.74, 6) is -0.417. The molecule has 0 radical (unpaired) electrons. The Labute approximate surface area is 134 Å². The number of carbonyl (C=O) groups is 2. The zero-order chi connectivity index (χ0) is 17.0. The Balaban J connectivity index is 2.24. The summed E-state index contributed by atoms with van der Waals surface area (Å²) in [6, 6.07) is 4.55. The highest BCUT2D eigenvalue weighted by atomic mass is 16.6. The molecule has 2 rings (SSSR count). The van der Waals surface area contributed by atoms with Crippen molar-refractivity contribution in [1.82, 2.24) is 10.2 Å². The molecular formula is C15H20N4O4. The molecule has 0 atom stereocenters. The molecule has 0 saturated carbocycles. The molecule has 0 aromatic heterocycles. The van der Waals surface area contributed by atoms with E-state index in [1.807, 2.05) is 4.90 Å². The van der Waals surface area contributed by atoms with E-state index in [2.05, 4.69) is 5.32 Å². The number of nitro benzene ring substituents is 1. The summed E-state index contributed by atoms with van der Waals surface area (Å²) in [6.07, 6.45) is 0. The van der Waals surface area contributed by atoms with Gasteiger partial charge >= 0.3 is 0 Å². The standard InChI is InChI=1S/C15H20N4O4/c1-3-16-15(21)13-10-12(4-5-14(13)19(22)23)18-8-6-17(7-9-18)11(2)20/h4-5,10H,3,6-9H2,1-2H3,(H,16,21). The zero-order valence-electron chi connectivity index (χ0n) is 13.2.